The average Bonchev–Trinajstić information content (AvgIpc) is 3.27. The number of carbonyl (C=O) groups is 2. The fourth-order valence-electron chi connectivity index (χ4n) is 1.99. The van der Waals surface area contributed by atoms with Crippen molar-refractivity contribution in [1.29, 1.82) is 0 Å². The number of nitrogens with one attached hydrogen (secondary N) is 3. The average molecular weight is 409 g/mol. The van der Waals surface area contributed by atoms with Gasteiger partial charge in [0.25, 0.3) is 5.91 Å². The van der Waals surface area contributed by atoms with Crippen molar-refractivity contribution in [3.63, 3.8) is 0 Å². The molecule has 3 aromatic heterocycles. The van der Waals surface area contributed by atoms with E-state index in [1.54, 1.807) is 19.2 Å². The number of nitrogens with zero attached hydrogens (tertiary/aromatic N) is 1. The lowest BCUT2D eigenvalue weighted by Crippen LogP contribution is -2.42. The van der Waals surface area contributed by atoms with Crippen LogP contribution in [0, 0.1) is 6.92 Å². The zero-order valence-corrected chi connectivity index (χ0v) is 15.0. The summed E-state index contributed by atoms with van der Waals surface area (Å²) in [5.74, 6) is 0.243. The van der Waals surface area contributed by atoms with Gasteiger partial charge in [0.05, 0.1) is 17.0 Å². The SMILES string of the molecule is Cc1oc(-c2cccs2)nc1CC(=O)NNC(=O)c1cc(Br)c[nH]1. The summed E-state index contributed by atoms with van der Waals surface area (Å²) in [6.45, 7) is 1.75. The highest BCUT2D eigenvalue weighted by Crippen LogP contribution is 2.25. The van der Waals surface area contributed by atoms with E-state index in [2.05, 4.69) is 36.7 Å². The van der Waals surface area contributed by atoms with Crippen LogP contribution in [0.15, 0.2) is 38.7 Å². The van der Waals surface area contributed by atoms with Gasteiger partial charge in [-0.3, -0.25) is 20.4 Å². The third kappa shape index (κ3) is 3.74. The molecule has 0 aromatic carbocycles. The van der Waals surface area contributed by atoms with E-state index in [0.717, 1.165) is 9.35 Å². The Balaban J connectivity index is 1.58. The van der Waals surface area contributed by atoms with Crippen molar-refractivity contribution >= 4 is 39.1 Å². The van der Waals surface area contributed by atoms with Gasteiger partial charge < -0.3 is 9.40 Å². The molecule has 0 atom stereocenters. The van der Waals surface area contributed by atoms with Gasteiger partial charge in [0.2, 0.25) is 11.8 Å². The lowest BCUT2D eigenvalue weighted by atomic mass is 10.2. The molecule has 124 valence electrons. The molecule has 3 heterocycles. The molecule has 7 nitrogen and oxygen atoms in total. The first kappa shape index (κ1) is 16.5. The van der Waals surface area contributed by atoms with Crippen LogP contribution in [0.1, 0.15) is 21.9 Å². The van der Waals surface area contributed by atoms with Crippen molar-refractivity contribution in [2.45, 2.75) is 13.3 Å². The Morgan fingerprint density at radius 2 is 2.25 bits per heavy atom. The molecule has 3 N–H and O–H groups in total. The van der Waals surface area contributed by atoms with E-state index in [9.17, 15) is 9.59 Å². The molecular formula is C15H13BrN4O3S. The highest BCUT2D eigenvalue weighted by Gasteiger charge is 2.16. The van der Waals surface area contributed by atoms with Crippen LogP contribution in [0.3, 0.4) is 0 Å². The van der Waals surface area contributed by atoms with Crippen molar-refractivity contribution in [2.24, 2.45) is 0 Å². The fraction of sp³-hybridized carbons (Fsp3) is 0.133. The summed E-state index contributed by atoms with van der Waals surface area (Å²) in [5.41, 5.74) is 5.56. The molecule has 0 radical (unpaired) electrons. The second-order valence-corrected chi connectivity index (χ2v) is 6.77. The number of hydrogen-bond donors (Lipinski definition) is 3. The summed E-state index contributed by atoms with van der Waals surface area (Å²) >= 11 is 4.74. The Bertz CT molecular complexity index is 869. The number of carbonyl (C=O) groups excluding carboxylic acids is 2. The first-order valence-electron chi connectivity index (χ1n) is 6.96. The van der Waals surface area contributed by atoms with Gasteiger partial charge >= 0.3 is 0 Å². The van der Waals surface area contributed by atoms with Gasteiger partial charge in [-0.15, -0.1) is 11.3 Å². The standard InChI is InChI=1S/C15H13BrN4O3S/c1-8-10(18-15(23-8)12-3-2-4-24-12)6-13(21)19-20-14(22)11-5-9(16)7-17-11/h2-5,7,17H,6H2,1H3,(H,19,21)(H,20,22). The Morgan fingerprint density at radius 1 is 1.42 bits per heavy atom. The lowest BCUT2D eigenvalue weighted by molar-refractivity contribution is -0.121. The smallest absolute Gasteiger partial charge is 0.286 e. The van der Waals surface area contributed by atoms with Gasteiger partial charge in [0.1, 0.15) is 11.5 Å². The summed E-state index contributed by atoms with van der Waals surface area (Å²) in [5, 5.41) is 1.93. The third-order valence-corrected chi connectivity index (χ3v) is 4.48. The van der Waals surface area contributed by atoms with Crippen molar-refractivity contribution in [3.05, 3.63) is 51.4 Å². The fourth-order valence-corrected chi connectivity index (χ4v) is 2.98. The molecule has 3 rings (SSSR count). The number of rotatable bonds is 4. The van der Waals surface area contributed by atoms with E-state index in [0.29, 0.717) is 23.0 Å². The Kier molecular flexibility index (Phi) is 4.81. The molecule has 0 aliphatic rings. The molecule has 0 fully saturated rings. The number of aromatic nitrogens is 2. The Labute approximate surface area is 149 Å². The number of hydrogen-bond acceptors (Lipinski definition) is 5. The highest BCUT2D eigenvalue weighted by atomic mass is 79.9. The molecule has 0 saturated heterocycles. The van der Waals surface area contributed by atoms with Crippen LogP contribution in [-0.4, -0.2) is 21.8 Å². The van der Waals surface area contributed by atoms with Crippen LogP contribution in [0.25, 0.3) is 10.8 Å². The summed E-state index contributed by atoms with van der Waals surface area (Å²) in [7, 11) is 0. The van der Waals surface area contributed by atoms with Crippen LogP contribution < -0.4 is 10.9 Å². The van der Waals surface area contributed by atoms with Crippen LogP contribution in [-0.2, 0) is 11.2 Å². The number of oxazole rings is 1. The van der Waals surface area contributed by atoms with E-state index in [1.165, 1.54) is 11.3 Å². The second-order valence-electron chi connectivity index (χ2n) is 4.91. The molecule has 0 aliphatic carbocycles. The summed E-state index contributed by atoms with van der Waals surface area (Å²) in [6.07, 6.45) is 1.64. The van der Waals surface area contributed by atoms with Gasteiger partial charge in [0, 0.05) is 10.7 Å². The Hall–Kier alpha value is -2.39. The first-order valence-corrected chi connectivity index (χ1v) is 8.63. The monoisotopic (exact) mass is 408 g/mol. The number of H-pyrrole nitrogens is 1. The molecule has 0 saturated carbocycles. The van der Waals surface area contributed by atoms with E-state index in [-0.39, 0.29) is 12.3 Å². The quantitative estimate of drug-likeness (QED) is 0.577. The van der Waals surface area contributed by atoms with Gasteiger partial charge in [-0.1, -0.05) is 6.07 Å². The predicted octanol–water partition coefficient (Wildman–Crippen LogP) is 2.81. The molecular weight excluding hydrogens is 396 g/mol. The number of hydrazine groups is 1. The number of thiophene rings is 1. The molecule has 2 amide bonds. The summed E-state index contributed by atoms with van der Waals surface area (Å²) < 4.78 is 6.33. The predicted molar refractivity (Wildman–Crippen MR) is 92.4 cm³/mol. The molecule has 0 bridgehead atoms. The minimum Gasteiger partial charge on any atom is -0.440 e. The molecule has 3 aromatic rings. The minimum absolute atomic E-state index is 0.00933. The van der Waals surface area contributed by atoms with Crippen molar-refractivity contribution in [2.75, 3.05) is 0 Å². The van der Waals surface area contributed by atoms with Crippen LogP contribution >= 0.6 is 27.3 Å². The molecule has 0 spiro atoms. The van der Waals surface area contributed by atoms with Crippen molar-refractivity contribution in [3.8, 4) is 10.8 Å². The van der Waals surface area contributed by atoms with Crippen molar-refractivity contribution in [1.82, 2.24) is 20.8 Å². The number of halogens is 1. The number of amides is 2. The molecule has 24 heavy (non-hydrogen) atoms. The lowest BCUT2D eigenvalue weighted by Gasteiger charge is -2.05. The normalized spacial score (nSPS) is 10.6. The topological polar surface area (TPSA) is 100 Å². The van der Waals surface area contributed by atoms with Crippen molar-refractivity contribution < 1.29 is 14.0 Å². The second kappa shape index (κ2) is 7.02. The first-order chi connectivity index (χ1) is 11.5. The maximum absolute atomic E-state index is 12.0. The zero-order chi connectivity index (χ0) is 17.1. The van der Waals surface area contributed by atoms with Gasteiger partial charge in [0.15, 0.2) is 0 Å². The van der Waals surface area contributed by atoms with Crippen LogP contribution in [0.5, 0.6) is 0 Å². The van der Waals surface area contributed by atoms with E-state index < -0.39 is 5.91 Å². The Morgan fingerprint density at radius 3 is 2.92 bits per heavy atom. The highest BCUT2D eigenvalue weighted by molar-refractivity contribution is 9.10. The zero-order valence-electron chi connectivity index (χ0n) is 12.6. The summed E-state index contributed by atoms with van der Waals surface area (Å²) in [6, 6.07) is 5.41. The van der Waals surface area contributed by atoms with Crippen LogP contribution in [0.2, 0.25) is 0 Å². The van der Waals surface area contributed by atoms with Gasteiger partial charge in [-0.2, -0.15) is 0 Å². The number of aromatic amines is 1. The molecule has 9 heteroatoms. The third-order valence-electron chi connectivity index (χ3n) is 3.16. The maximum atomic E-state index is 12.0. The van der Waals surface area contributed by atoms with E-state index in [1.807, 2.05) is 17.5 Å². The van der Waals surface area contributed by atoms with Crippen LogP contribution in [0.4, 0.5) is 0 Å². The largest absolute Gasteiger partial charge is 0.440 e. The van der Waals surface area contributed by atoms with Gasteiger partial charge in [-0.05, 0) is 40.4 Å². The maximum Gasteiger partial charge on any atom is 0.286 e. The molecule has 0 unspecified atom stereocenters. The number of aryl methyl sites for hydroxylation is 1. The minimum atomic E-state index is -0.440. The summed E-state index contributed by atoms with van der Waals surface area (Å²) in [4.78, 5) is 31.8. The van der Waals surface area contributed by atoms with E-state index >= 15 is 0 Å². The van der Waals surface area contributed by atoms with E-state index in [4.69, 9.17) is 4.42 Å². The molecule has 0 aliphatic heterocycles. The van der Waals surface area contributed by atoms with Gasteiger partial charge in [-0.25, -0.2) is 4.98 Å².